The quantitative estimate of drug-likeness (QED) is 0.756. The molecule has 0 bridgehead atoms. The topological polar surface area (TPSA) is 66.4 Å². The molecule has 4 nitrogen and oxygen atoms in total. The molecule has 18 heavy (non-hydrogen) atoms. The Hall–Kier alpha value is -1.01. The molecule has 1 aromatic rings. The van der Waals surface area contributed by atoms with Gasteiger partial charge in [-0.1, -0.05) is 19.9 Å². The van der Waals surface area contributed by atoms with Gasteiger partial charge < -0.3 is 10.4 Å². The fourth-order valence-electron chi connectivity index (χ4n) is 1.41. The number of nitrogens with one attached hydrogen (secondary N) is 1. The maximum absolute atomic E-state index is 11.6. The van der Waals surface area contributed by atoms with Crippen LogP contribution in [0.2, 0.25) is 0 Å². The van der Waals surface area contributed by atoms with Crippen LogP contribution < -0.4 is 5.32 Å². The van der Waals surface area contributed by atoms with Crippen LogP contribution >= 0.6 is 23.1 Å². The smallest absolute Gasteiger partial charge is 0.326 e. The highest BCUT2D eigenvalue weighted by molar-refractivity contribution is 8.01. The fourth-order valence-corrected chi connectivity index (χ4v) is 3.01. The van der Waals surface area contributed by atoms with Crippen molar-refractivity contribution in [3.8, 4) is 0 Å². The number of aliphatic carboxylic acids is 1. The van der Waals surface area contributed by atoms with E-state index in [9.17, 15) is 9.59 Å². The average Bonchev–Trinajstić information content (AvgIpc) is 2.77. The molecular weight excluding hydrogens is 270 g/mol. The third-order valence-electron chi connectivity index (χ3n) is 2.18. The Labute approximate surface area is 115 Å². The summed E-state index contributed by atoms with van der Waals surface area (Å²) in [4.78, 5) is 22.6. The highest BCUT2D eigenvalue weighted by Crippen LogP contribution is 2.22. The van der Waals surface area contributed by atoms with Crippen LogP contribution in [0, 0.1) is 5.92 Å². The summed E-state index contributed by atoms with van der Waals surface area (Å²) in [6, 6.07) is 3.07. The number of hydrogen-bond acceptors (Lipinski definition) is 4. The lowest BCUT2D eigenvalue weighted by Crippen LogP contribution is -2.42. The van der Waals surface area contributed by atoms with Crippen molar-refractivity contribution in [1.82, 2.24) is 5.32 Å². The van der Waals surface area contributed by atoms with Gasteiger partial charge in [0, 0.05) is 0 Å². The molecule has 1 amide bonds. The van der Waals surface area contributed by atoms with Gasteiger partial charge in [-0.25, -0.2) is 4.79 Å². The summed E-state index contributed by atoms with van der Waals surface area (Å²) in [6.07, 6.45) is 0.449. The van der Waals surface area contributed by atoms with Crippen molar-refractivity contribution in [2.45, 2.75) is 30.5 Å². The third-order valence-corrected chi connectivity index (χ3v) is 4.31. The lowest BCUT2D eigenvalue weighted by molar-refractivity contribution is -0.141. The largest absolute Gasteiger partial charge is 0.480 e. The predicted molar refractivity (Wildman–Crippen MR) is 74.1 cm³/mol. The monoisotopic (exact) mass is 287 g/mol. The number of rotatable bonds is 7. The van der Waals surface area contributed by atoms with E-state index in [0.29, 0.717) is 6.42 Å². The van der Waals surface area contributed by atoms with Gasteiger partial charge in [0.2, 0.25) is 5.91 Å². The van der Waals surface area contributed by atoms with Gasteiger partial charge in [0.25, 0.3) is 0 Å². The van der Waals surface area contributed by atoms with E-state index in [1.54, 1.807) is 11.3 Å². The second-order valence-electron chi connectivity index (χ2n) is 4.31. The van der Waals surface area contributed by atoms with Crippen molar-refractivity contribution in [2.24, 2.45) is 5.92 Å². The first-order valence-corrected chi connectivity index (χ1v) is 7.54. The van der Waals surface area contributed by atoms with Crippen molar-refractivity contribution < 1.29 is 14.7 Å². The molecule has 0 aliphatic rings. The molecule has 0 aromatic carbocycles. The van der Waals surface area contributed by atoms with Gasteiger partial charge in [-0.15, -0.1) is 23.1 Å². The number of amides is 1. The number of carbonyl (C=O) groups excluding carboxylic acids is 1. The molecule has 0 spiro atoms. The van der Waals surface area contributed by atoms with Crippen LogP contribution in [0.1, 0.15) is 20.3 Å². The van der Waals surface area contributed by atoms with Crippen LogP contribution in [0.4, 0.5) is 0 Å². The summed E-state index contributed by atoms with van der Waals surface area (Å²) in [7, 11) is 0. The van der Waals surface area contributed by atoms with E-state index in [1.165, 1.54) is 11.8 Å². The number of carbonyl (C=O) groups is 2. The number of hydrogen-bond donors (Lipinski definition) is 2. The van der Waals surface area contributed by atoms with E-state index >= 15 is 0 Å². The Kier molecular flexibility index (Phi) is 6.21. The molecule has 100 valence electrons. The predicted octanol–water partition coefficient (Wildman–Crippen LogP) is 2.46. The molecule has 0 unspecified atom stereocenters. The van der Waals surface area contributed by atoms with Crippen LogP contribution in [0.3, 0.4) is 0 Å². The normalized spacial score (nSPS) is 12.4. The maximum atomic E-state index is 11.6. The highest BCUT2D eigenvalue weighted by Gasteiger charge is 2.20. The second kappa shape index (κ2) is 7.43. The standard InChI is InChI=1S/C12H17NO3S2/c1-8(2)6-9(12(15)16)13-10(14)7-18-11-4-3-5-17-11/h3-5,8-9H,6-7H2,1-2H3,(H,13,14)(H,15,16)/t9-/m0/s1. The van der Waals surface area contributed by atoms with Crippen LogP contribution in [0.5, 0.6) is 0 Å². The molecule has 1 atom stereocenters. The van der Waals surface area contributed by atoms with Crippen molar-refractivity contribution in [3.63, 3.8) is 0 Å². The Morgan fingerprint density at radius 1 is 1.50 bits per heavy atom. The van der Waals surface area contributed by atoms with Crippen molar-refractivity contribution in [2.75, 3.05) is 5.75 Å². The maximum Gasteiger partial charge on any atom is 0.326 e. The summed E-state index contributed by atoms with van der Waals surface area (Å²) in [5.74, 6) is -0.724. The molecule has 0 saturated heterocycles. The molecule has 1 rings (SSSR count). The van der Waals surface area contributed by atoms with Gasteiger partial charge in [-0.05, 0) is 23.8 Å². The molecule has 2 N–H and O–H groups in total. The van der Waals surface area contributed by atoms with Crippen LogP contribution in [-0.4, -0.2) is 28.8 Å². The molecular formula is C12H17NO3S2. The number of carboxylic acids is 1. The molecule has 0 aliphatic heterocycles. The summed E-state index contributed by atoms with van der Waals surface area (Å²) in [5, 5.41) is 13.5. The van der Waals surface area contributed by atoms with E-state index in [1.807, 2.05) is 31.4 Å². The van der Waals surface area contributed by atoms with Crippen molar-refractivity contribution in [3.05, 3.63) is 17.5 Å². The first-order chi connectivity index (χ1) is 8.49. The van der Waals surface area contributed by atoms with Gasteiger partial charge in [-0.3, -0.25) is 4.79 Å². The molecule has 6 heteroatoms. The minimum atomic E-state index is -0.974. The Bertz CT molecular complexity index is 390. The highest BCUT2D eigenvalue weighted by atomic mass is 32.2. The molecule has 0 aliphatic carbocycles. The van der Waals surface area contributed by atoms with Gasteiger partial charge in [0.05, 0.1) is 9.96 Å². The molecule has 0 radical (unpaired) electrons. The zero-order chi connectivity index (χ0) is 13.5. The lowest BCUT2D eigenvalue weighted by atomic mass is 10.0. The first kappa shape index (κ1) is 15.0. The van der Waals surface area contributed by atoms with Crippen LogP contribution in [0.25, 0.3) is 0 Å². The van der Waals surface area contributed by atoms with Gasteiger partial charge in [0.1, 0.15) is 6.04 Å². The first-order valence-electron chi connectivity index (χ1n) is 5.67. The summed E-state index contributed by atoms with van der Waals surface area (Å²) >= 11 is 2.99. The Morgan fingerprint density at radius 3 is 2.72 bits per heavy atom. The van der Waals surface area contributed by atoms with Crippen molar-refractivity contribution in [1.29, 1.82) is 0 Å². The molecule has 0 saturated carbocycles. The zero-order valence-corrected chi connectivity index (χ0v) is 12.0. The summed E-state index contributed by atoms with van der Waals surface area (Å²) < 4.78 is 1.06. The molecule has 0 fully saturated rings. The van der Waals surface area contributed by atoms with E-state index in [-0.39, 0.29) is 17.6 Å². The SMILES string of the molecule is CC(C)C[C@H](NC(=O)CSc1cccs1)C(=O)O. The molecule has 1 heterocycles. The Morgan fingerprint density at radius 2 is 2.22 bits per heavy atom. The van der Waals surface area contributed by atoms with E-state index in [4.69, 9.17) is 5.11 Å². The van der Waals surface area contributed by atoms with E-state index in [2.05, 4.69) is 5.32 Å². The Balaban J connectivity index is 2.39. The van der Waals surface area contributed by atoms with E-state index < -0.39 is 12.0 Å². The van der Waals surface area contributed by atoms with Gasteiger partial charge in [0.15, 0.2) is 0 Å². The van der Waals surface area contributed by atoms with Gasteiger partial charge in [-0.2, -0.15) is 0 Å². The summed E-state index contributed by atoms with van der Waals surface area (Å²) in [6.45, 7) is 3.87. The average molecular weight is 287 g/mol. The minimum Gasteiger partial charge on any atom is -0.480 e. The fraction of sp³-hybridized carbons (Fsp3) is 0.500. The second-order valence-corrected chi connectivity index (χ2v) is 6.53. The number of carboxylic acid groups (broad SMARTS) is 1. The summed E-state index contributed by atoms with van der Waals surface area (Å²) in [5.41, 5.74) is 0. The number of thioether (sulfide) groups is 1. The third kappa shape index (κ3) is 5.55. The zero-order valence-electron chi connectivity index (χ0n) is 10.4. The van der Waals surface area contributed by atoms with Crippen molar-refractivity contribution >= 4 is 35.0 Å². The number of thiophene rings is 1. The molecule has 1 aromatic heterocycles. The lowest BCUT2D eigenvalue weighted by Gasteiger charge is -2.16. The van der Waals surface area contributed by atoms with E-state index in [0.717, 1.165) is 4.21 Å². The van der Waals surface area contributed by atoms with Crippen LogP contribution in [-0.2, 0) is 9.59 Å². The van der Waals surface area contributed by atoms with Crippen LogP contribution in [0.15, 0.2) is 21.7 Å². The minimum absolute atomic E-state index is 0.233. The van der Waals surface area contributed by atoms with Gasteiger partial charge >= 0.3 is 5.97 Å².